The van der Waals surface area contributed by atoms with Gasteiger partial charge < -0.3 is 10.6 Å². The van der Waals surface area contributed by atoms with E-state index in [9.17, 15) is 45.5 Å². The van der Waals surface area contributed by atoms with Gasteiger partial charge in [0, 0.05) is 0 Å². The maximum absolute atomic E-state index is 12.8. The van der Waals surface area contributed by atoms with Gasteiger partial charge in [-0.05, 0) is 29.5 Å². The predicted molar refractivity (Wildman–Crippen MR) is 107 cm³/mol. The van der Waals surface area contributed by atoms with Gasteiger partial charge in [-0.3, -0.25) is 23.7 Å². The molecule has 0 saturated carbocycles. The van der Waals surface area contributed by atoms with Crippen molar-refractivity contribution < 1.29 is 40.7 Å². The summed E-state index contributed by atoms with van der Waals surface area (Å²) >= 11 is 1.12. The third-order valence-electron chi connectivity index (χ3n) is 4.30. The highest BCUT2D eigenvalue weighted by Crippen LogP contribution is 2.25. The van der Waals surface area contributed by atoms with Crippen LogP contribution in [0.15, 0.2) is 34.4 Å². The van der Waals surface area contributed by atoms with E-state index in [-0.39, 0.29) is 5.69 Å². The number of aromatic nitrogens is 1. The zero-order chi connectivity index (χ0) is 25.1. The van der Waals surface area contributed by atoms with E-state index in [2.05, 4.69) is 0 Å². The summed E-state index contributed by atoms with van der Waals surface area (Å²) in [5.74, 6) is -6.72. The average Bonchev–Trinajstić information content (AvgIpc) is 3.21. The van der Waals surface area contributed by atoms with Crippen molar-refractivity contribution in [2.75, 3.05) is 5.32 Å². The van der Waals surface area contributed by atoms with Crippen LogP contribution in [-0.4, -0.2) is 40.6 Å². The van der Waals surface area contributed by atoms with Crippen LogP contribution < -0.4 is 16.2 Å². The normalized spacial score (nSPS) is 13.0. The minimum Gasteiger partial charge on any atom is -0.344 e. The lowest BCUT2D eigenvalue weighted by Gasteiger charge is -2.23. The van der Waals surface area contributed by atoms with Gasteiger partial charge >= 0.3 is 18.3 Å². The van der Waals surface area contributed by atoms with Crippen molar-refractivity contribution in [1.29, 1.82) is 0 Å². The highest BCUT2D eigenvalue weighted by atomic mass is 32.1. The predicted octanol–water partition coefficient (Wildman–Crippen LogP) is 3.35. The molecule has 0 aliphatic carbocycles. The van der Waals surface area contributed by atoms with E-state index >= 15 is 0 Å². The van der Waals surface area contributed by atoms with Gasteiger partial charge in [0.2, 0.25) is 5.91 Å². The number of nitrogens with zero attached hydrogens (tertiary/aromatic N) is 1. The van der Waals surface area contributed by atoms with Crippen LogP contribution >= 0.6 is 11.3 Å². The lowest BCUT2D eigenvalue weighted by atomic mass is 9.99. The number of anilines is 1. The molecule has 0 radical (unpaired) electrons. The van der Waals surface area contributed by atoms with E-state index in [0.717, 1.165) is 17.4 Å². The van der Waals surface area contributed by atoms with Gasteiger partial charge in [0.25, 0.3) is 11.3 Å². The van der Waals surface area contributed by atoms with Crippen LogP contribution in [0.3, 0.4) is 0 Å². The Morgan fingerprint density at radius 3 is 2.15 bits per heavy atom. The van der Waals surface area contributed by atoms with Gasteiger partial charge in [-0.25, -0.2) is 0 Å². The molecular formula is C19H17F6N3O4S. The van der Waals surface area contributed by atoms with Gasteiger partial charge in [0.1, 0.15) is 12.2 Å². The molecule has 0 aliphatic rings. The van der Waals surface area contributed by atoms with Crippen LogP contribution in [0.1, 0.15) is 13.8 Å². The second-order valence-corrected chi connectivity index (χ2v) is 8.05. The summed E-state index contributed by atoms with van der Waals surface area (Å²) in [5.41, 5.74) is -1.92. The number of rotatable bonds is 7. The lowest BCUT2D eigenvalue weighted by molar-refractivity contribution is -0.174. The molecule has 14 heteroatoms. The zero-order valence-corrected chi connectivity index (χ0v) is 17.8. The minimum absolute atomic E-state index is 0.0680. The summed E-state index contributed by atoms with van der Waals surface area (Å²) in [6, 6.07) is 3.27. The average molecular weight is 497 g/mol. The van der Waals surface area contributed by atoms with Crippen molar-refractivity contribution in [3.63, 3.8) is 0 Å². The van der Waals surface area contributed by atoms with Crippen molar-refractivity contribution >= 4 is 34.6 Å². The van der Waals surface area contributed by atoms with E-state index in [0.29, 0.717) is 9.44 Å². The number of amides is 2. The van der Waals surface area contributed by atoms with Crippen molar-refractivity contribution in [2.24, 2.45) is 5.92 Å². The van der Waals surface area contributed by atoms with Gasteiger partial charge in [0.15, 0.2) is 0 Å². The van der Waals surface area contributed by atoms with Crippen molar-refractivity contribution in [1.82, 2.24) is 9.88 Å². The lowest BCUT2D eigenvalue weighted by Crippen LogP contribution is -2.51. The highest BCUT2D eigenvalue weighted by Gasteiger charge is 2.45. The number of hydrogen-bond donors (Lipinski definition) is 2. The molecular weight excluding hydrogens is 480 g/mol. The Kier molecular flexibility index (Phi) is 7.72. The number of carbonyl (C=O) groups is 3. The van der Waals surface area contributed by atoms with Gasteiger partial charge in [-0.15, -0.1) is 11.3 Å². The summed E-state index contributed by atoms with van der Waals surface area (Å²) in [6.07, 6.45) is -10.5. The number of alkyl halides is 6. The number of thiophene rings is 1. The fourth-order valence-corrected chi connectivity index (χ4v) is 3.50. The van der Waals surface area contributed by atoms with Crippen LogP contribution in [0.2, 0.25) is 0 Å². The largest absolute Gasteiger partial charge is 0.471 e. The molecule has 0 aliphatic heterocycles. The molecule has 1 unspecified atom stereocenters. The van der Waals surface area contributed by atoms with E-state index in [1.807, 2.05) is 5.32 Å². The maximum atomic E-state index is 12.8. The van der Waals surface area contributed by atoms with E-state index < -0.39 is 59.7 Å². The fraction of sp³-hybridized carbons (Fsp3) is 0.368. The van der Waals surface area contributed by atoms with Crippen LogP contribution in [0.5, 0.6) is 0 Å². The zero-order valence-electron chi connectivity index (χ0n) is 17.0. The summed E-state index contributed by atoms with van der Waals surface area (Å²) in [5, 5.41) is 4.94. The summed E-state index contributed by atoms with van der Waals surface area (Å²) < 4.78 is 76.9. The Hall–Kier alpha value is -3.16. The molecule has 1 atom stereocenters. The smallest absolute Gasteiger partial charge is 0.344 e. The molecule has 0 saturated heterocycles. The topological polar surface area (TPSA) is 97.3 Å². The highest BCUT2D eigenvalue weighted by molar-refractivity contribution is 7.13. The summed E-state index contributed by atoms with van der Waals surface area (Å²) in [4.78, 5) is 48.5. The van der Waals surface area contributed by atoms with E-state index in [4.69, 9.17) is 0 Å². The Balaban J connectivity index is 2.43. The molecule has 2 aromatic heterocycles. The van der Waals surface area contributed by atoms with Gasteiger partial charge in [-0.1, -0.05) is 19.9 Å². The van der Waals surface area contributed by atoms with Crippen LogP contribution in [0.4, 0.5) is 32.0 Å². The number of nitrogens with one attached hydrogen (secondary N) is 2. The molecule has 2 aromatic rings. The minimum atomic E-state index is -5.29. The molecule has 0 bridgehead atoms. The second kappa shape index (κ2) is 9.77. The summed E-state index contributed by atoms with van der Waals surface area (Å²) in [7, 11) is 0. The maximum Gasteiger partial charge on any atom is 0.471 e. The van der Waals surface area contributed by atoms with E-state index in [1.165, 1.54) is 31.3 Å². The first kappa shape index (κ1) is 26.1. The molecule has 0 spiro atoms. The fourth-order valence-electron chi connectivity index (χ4n) is 2.74. The molecule has 2 amide bonds. The van der Waals surface area contributed by atoms with Gasteiger partial charge in [-0.2, -0.15) is 26.3 Å². The standard InChI is InChI=1S/C19H17F6N3O4S/c1-9(2)14(15(30)18(20,21)22)27-13(29)8-28-11(12-4-3-7-33-12)6-5-10(16(28)31)26-17(32)19(23,24)25/h3-7,9,14H,8H2,1-2H3,(H,26,32)(H,27,29). The van der Waals surface area contributed by atoms with Crippen molar-refractivity contribution in [3.05, 3.63) is 40.0 Å². The molecule has 2 N–H and O–H groups in total. The summed E-state index contributed by atoms with van der Waals surface area (Å²) in [6.45, 7) is 1.62. The molecule has 2 heterocycles. The Morgan fingerprint density at radius 1 is 1.03 bits per heavy atom. The van der Waals surface area contributed by atoms with Crippen LogP contribution in [-0.2, 0) is 20.9 Å². The first-order chi connectivity index (χ1) is 15.1. The monoisotopic (exact) mass is 497 g/mol. The molecule has 0 fully saturated rings. The van der Waals surface area contributed by atoms with Crippen LogP contribution in [0, 0.1) is 5.92 Å². The SMILES string of the molecule is CC(C)C(NC(=O)Cn1c(-c2cccs2)ccc(NC(=O)C(F)(F)F)c1=O)C(=O)C(F)(F)F. The number of hydrogen-bond acceptors (Lipinski definition) is 5. The number of carbonyl (C=O) groups excluding carboxylic acids is 3. The first-order valence-corrected chi connectivity index (χ1v) is 10.1. The number of Topliss-reactive ketones (excluding diaryl/α,β-unsaturated/α-hetero) is 1. The van der Waals surface area contributed by atoms with Crippen LogP contribution in [0.25, 0.3) is 10.6 Å². The number of pyridine rings is 1. The first-order valence-electron chi connectivity index (χ1n) is 9.19. The quantitative estimate of drug-likeness (QED) is 0.574. The Bertz CT molecular complexity index is 1090. The van der Waals surface area contributed by atoms with Gasteiger partial charge in [0.05, 0.1) is 16.6 Å². The van der Waals surface area contributed by atoms with Crippen molar-refractivity contribution in [2.45, 2.75) is 38.8 Å². The van der Waals surface area contributed by atoms with Crippen molar-refractivity contribution in [3.8, 4) is 10.6 Å². The molecule has 33 heavy (non-hydrogen) atoms. The third-order valence-corrected chi connectivity index (χ3v) is 5.19. The molecule has 0 aromatic carbocycles. The Morgan fingerprint density at radius 2 is 1.67 bits per heavy atom. The molecule has 2 rings (SSSR count). The Labute approximate surface area is 186 Å². The third kappa shape index (κ3) is 6.43. The number of halogens is 6. The molecule has 7 nitrogen and oxygen atoms in total. The second-order valence-electron chi connectivity index (χ2n) is 7.10. The van der Waals surface area contributed by atoms with E-state index in [1.54, 1.807) is 11.4 Å². The molecule has 180 valence electrons. The number of ketones is 1.